The third-order valence-electron chi connectivity index (χ3n) is 7.74. The summed E-state index contributed by atoms with van der Waals surface area (Å²) < 4.78 is 37.9. The van der Waals surface area contributed by atoms with Crippen LogP contribution in [-0.2, 0) is 32.6 Å². The van der Waals surface area contributed by atoms with Crippen molar-refractivity contribution in [2.75, 3.05) is 23.9 Å². The Balaban J connectivity index is 1.48. The minimum Gasteiger partial charge on any atom is -0.454 e. The highest BCUT2D eigenvalue weighted by atomic mass is 32.2. The minimum absolute atomic E-state index is 0.0404. The number of amides is 2. The van der Waals surface area contributed by atoms with Crippen LogP contribution in [0.5, 0.6) is 11.5 Å². The van der Waals surface area contributed by atoms with Crippen molar-refractivity contribution in [3.63, 3.8) is 0 Å². The monoisotopic (exact) mass is 591 g/mol. The average Bonchev–Trinajstić information content (AvgIpc) is 3.46. The molecule has 1 fully saturated rings. The standard InChI is InChI=1S/C32H37N3O6S/c1-42(38,39)35(27-17-18-29-30(20-27)41-23-40-29)22-31(36)34(21-25-13-7-3-8-14-25)28(19-24-11-5-2-6-12-24)32(37)33-26-15-9-4-10-16-26/h2-3,5-8,11-14,17-18,20,26,28H,4,9-10,15-16,19,21-23H2,1H3,(H,33,37)/t28-/m0/s1. The molecule has 3 aromatic rings. The zero-order chi connectivity index (χ0) is 29.5. The third-order valence-corrected chi connectivity index (χ3v) is 8.88. The molecule has 0 radical (unpaired) electrons. The summed E-state index contributed by atoms with van der Waals surface area (Å²) in [7, 11) is -3.88. The van der Waals surface area contributed by atoms with Crippen molar-refractivity contribution in [2.24, 2.45) is 0 Å². The number of nitrogens with zero attached hydrogens (tertiary/aromatic N) is 2. The van der Waals surface area contributed by atoms with Gasteiger partial charge in [0.15, 0.2) is 11.5 Å². The van der Waals surface area contributed by atoms with Crippen molar-refractivity contribution in [1.82, 2.24) is 10.2 Å². The van der Waals surface area contributed by atoms with Crippen LogP contribution >= 0.6 is 0 Å². The lowest BCUT2D eigenvalue weighted by Gasteiger charge is -2.35. The fourth-order valence-corrected chi connectivity index (χ4v) is 6.37. The smallest absolute Gasteiger partial charge is 0.244 e. The molecule has 10 heteroatoms. The molecule has 0 spiro atoms. The van der Waals surface area contributed by atoms with Gasteiger partial charge in [-0.3, -0.25) is 13.9 Å². The van der Waals surface area contributed by atoms with Gasteiger partial charge in [-0.2, -0.15) is 0 Å². The van der Waals surface area contributed by atoms with E-state index in [1.165, 1.54) is 4.90 Å². The summed E-state index contributed by atoms with van der Waals surface area (Å²) in [6.07, 6.45) is 6.43. The number of ether oxygens (including phenoxy) is 2. The van der Waals surface area contributed by atoms with Gasteiger partial charge in [-0.25, -0.2) is 8.42 Å². The van der Waals surface area contributed by atoms with Crippen LogP contribution in [0.25, 0.3) is 0 Å². The Morgan fingerprint density at radius 2 is 1.52 bits per heavy atom. The maximum atomic E-state index is 14.2. The van der Waals surface area contributed by atoms with Gasteiger partial charge in [-0.15, -0.1) is 0 Å². The zero-order valence-electron chi connectivity index (χ0n) is 23.8. The van der Waals surface area contributed by atoms with E-state index in [0.717, 1.165) is 53.8 Å². The lowest BCUT2D eigenvalue weighted by atomic mass is 9.94. The van der Waals surface area contributed by atoms with Gasteiger partial charge in [-0.1, -0.05) is 79.9 Å². The van der Waals surface area contributed by atoms with E-state index < -0.39 is 28.5 Å². The van der Waals surface area contributed by atoms with Gasteiger partial charge in [0.05, 0.1) is 11.9 Å². The lowest BCUT2D eigenvalue weighted by molar-refractivity contribution is -0.140. The number of hydrogen-bond donors (Lipinski definition) is 1. The predicted molar refractivity (Wildman–Crippen MR) is 161 cm³/mol. The molecule has 222 valence electrons. The molecule has 1 saturated carbocycles. The van der Waals surface area contributed by atoms with Crippen molar-refractivity contribution >= 4 is 27.5 Å². The average molecular weight is 592 g/mol. The van der Waals surface area contributed by atoms with E-state index in [-0.39, 0.29) is 31.0 Å². The van der Waals surface area contributed by atoms with E-state index in [4.69, 9.17) is 9.47 Å². The van der Waals surface area contributed by atoms with Gasteiger partial charge in [0.25, 0.3) is 0 Å². The fourth-order valence-electron chi connectivity index (χ4n) is 5.53. The Labute approximate surface area is 247 Å². The second-order valence-corrected chi connectivity index (χ2v) is 12.8. The Kier molecular flexibility index (Phi) is 9.31. The SMILES string of the molecule is CS(=O)(=O)N(CC(=O)N(Cc1ccccc1)[C@@H](Cc1ccccc1)C(=O)NC1CCCCC1)c1ccc2c(c1)OCO2. The van der Waals surface area contributed by atoms with Crippen LogP contribution in [0.3, 0.4) is 0 Å². The number of carbonyl (C=O) groups excluding carboxylic acids is 2. The number of fused-ring (bicyclic) bond motifs is 1. The second-order valence-electron chi connectivity index (χ2n) is 10.9. The Bertz CT molecular complexity index is 1480. The van der Waals surface area contributed by atoms with Crippen LogP contribution in [0.2, 0.25) is 0 Å². The third kappa shape index (κ3) is 7.42. The second kappa shape index (κ2) is 13.3. The summed E-state index contributed by atoms with van der Waals surface area (Å²) in [4.78, 5) is 29.7. The van der Waals surface area contributed by atoms with Gasteiger partial charge in [-0.05, 0) is 36.1 Å². The van der Waals surface area contributed by atoms with Crippen LogP contribution in [0, 0.1) is 0 Å². The summed E-state index contributed by atoms with van der Waals surface area (Å²) in [6.45, 7) is -0.292. The molecular formula is C32H37N3O6S. The molecule has 1 N–H and O–H groups in total. The molecule has 0 bridgehead atoms. The summed E-state index contributed by atoms with van der Waals surface area (Å²) in [6, 6.07) is 23.0. The Hall–Kier alpha value is -4.05. The van der Waals surface area contributed by atoms with E-state index in [0.29, 0.717) is 17.9 Å². The molecule has 3 aromatic carbocycles. The first-order valence-electron chi connectivity index (χ1n) is 14.3. The normalized spacial score (nSPS) is 15.5. The molecule has 1 atom stereocenters. The molecule has 1 aliphatic carbocycles. The molecule has 9 nitrogen and oxygen atoms in total. The predicted octanol–water partition coefficient (Wildman–Crippen LogP) is 4.27. The molecule has 5 rings (SSSR count). The van der Waals surface area contributed by atoms with Crippen LogP contribution in [0.4, 0.5) is 5.69 Å². The lowest BCUT2D eigenvalue weighted by Crippen LogP contribution is -2.55. The van der Waals surface area contributed by atoms with Crippen molar-refractivity contribution in [1.29, 1.82) is 0 Å². The zero-order valence-corrected chi connectivity index (χ0v) is 24.6. The maximum absolute atomic E-state index is 14.2. The van der Waals surface area contributed by atoms with Crippen LogP contribution in [0.15, 0.2) is 78.9 Å². The molecule has 2 aliphatic rings. The first-order chi connectivity index (χ1) is 20.3. The summed E-state index contributed by atoms with van der Waals surface area (Å²) in [5.74, 6) is 0.195. The van der Waals surface area contributed by atoms with Crippen molar-refractivity contribution in [2.45, 2.75) is 57.2 Å². The molecule has 42 heavy (non-hydrogen) atoms. The molecule has 0 unspecified atom stereocenters. The molecule has 2 amide bonds. The fraction of sp³-hybridized carbons (Fsp3) is 0.375. The minimum atomic E-state index is -3.88. The number of sulfonamides is 1. The summed E-state index contributed by atoms with van der Waals surface area (Å²) in [5, 5.41) is 3.21. The Morgan fingerprint density at radius 3 is 2.19 bits per heavy atom. The largest absolute Gasteiger partial charge is 0.454 e. The number of anilines is 1. The van der Waals surface area contributed by atoms with Gasteiger partial charge in [0.2, 0.25) is 28.6 Å². The highest BCUT2D eigenvalue weighted by Gasteiger charge is 2.34. The number of rotatable bonds is 11. The summed E-state index contributed by atoms with van der Waals surface area (Å²) >= 11 is 0. The van der Waals surface area contributed by atoms with Crippen LogP contribution in [-0.4, -0.2) is 56.8 Å². The number of carbonyl (C=O) groups is 2. The van der Waals surface area contributed by atoms with Gasteiger partial charge in [0.1, 0.15) is 12.6 Å². The highest BCUT2D eigenvalue weighted by Crippen LogP contribution is 2.36. The van der Waals surface area contributed by atoms with Crippen molar-refractivity contribution in [3.05, 3.63) is 90.0 Å². The first-order valence-corrected chi connectivity index (χ1v) is 16.2. The van der Waals surface area contributed by atoms with Crippen molar-refractivity contribution in [3.8, 4) is 11.5 Å². The number of benzene rings is 3. The van der Waals surface area contributed by atoms with Gasteiger partial charge >= 0.3 is 0 Å². The molecule has 1 heterocycles. The van der Waals surface area contributed by atoms with E-state index in [9.17, 15) is 18.0 Å². The van der Waals surface area contributed by atoms with E-state index >= 15 is 0 Å². The van der Waals surface area contributed by atoms with Crippen LogP contribution in [0.1, 0.15) is 43.2 Å². The quantitative estimate of drug-likeness (QED) is 0.357. The first kappa shape index (κ1) is 29.4. The van der Waals surface area contributed by atoms with Crippen molar-refractivity contribution < 1.29 is 27.5 Å². The Morgan fingerprint density at radius 1 is 0.881 bits per heavy atom. The molecule has 1 aliphatic heterocycles. The molecule has 0 aromatic heterocycles. The number of hydrogen-bond acceptors (Lipinski definition) is 6. The van der Waals surface area contributed by atoms with Crippen LogP contribution < -0.4 is 19.1 Å². The molecule has 0 saturated heterocycles. The maximum Gasteiger partial charge on any atom is 0.244 e. The van der Waals surface area contributed by atoms with Gasteiger partial charge < -0.3 is 19.7 Å². The number of nitrogens with one attached hydrogen (secondary N) is 1. The van der Waals surface area contributed by atoms with Gasteiger partial charge in [0, 0.05) is 25.1 Å². The summed E-state index contributed by atoms with van der Waals surface area (Å²) in [5.41, 5.74) is 2.02. The molecular weight excluding hydrogens is 554 g/mol. The van der Waals surface area contributed by atoms with E-state index in [1.54, 1.807) is 18.2 Å². The van der Waals surface area contributed by atoms with E-state index in [2.05, 4.69) is 5.32 Å². The van der Waals surface area contributed by atoms with E-state index in [1.807, 2.05) is 60.7 Å². The highest BCUT2D eigenvalue weighted by molar-refractivity contribution is 7.92. The topological polar surface area (TPSA) is 105 Å².